The van der Waals surface area contributed by atoms with E-state index >= 15 is 0 Å². The van der Waals surface area contributed by atoms with E-state index in [0.29, 0.717) is 18.8 Å². The van der Waals surface area contributed by atoms with E-state index in [4.69, 9.17) is 9.47 Å². The fraction of sp³-hybridized carbons (Fsp3) is 0.647. The third-order valence-electron chi connectivity index (χ3n) is 4.40. The van der Waals surface area contributed by atoms with Gasteiger partial charge in [-0.25, -0.2) is 9.18 Å². The minimum Gasteiger partial charge on any atom is -0.444 e. The van der Waals surface area contributed by atoms with Gasteiger partial charge in [-0.05, 0) is 26.8 Å². The van der Waals surface area contributed by atoms with E-state index in [9.17, 15) is 14.3 Å². The summed E-state index contributed by atoms with van der Waals surface area (Å²) in [6.45, 7) is 6.09. The molecule has 2 fully saturated rings. The molecule has 24 heavy (non-hydrogen) atoms. The summed E-state index contributed by atoms with van der Waals surface area (Å²) < 4.78 is 24.5. The van der Waals surface area contributed by atoms with E-state index < -0.39 is 23.1 Å². The molecule has 1 aromatic rings. The van der Waals surface area contributed by atoms with E-state index in [2.05, 4.69) is 4.98 Å². The van der Waals surface area contributed by atoms with Gasteiger partial charge >= 0.3 is 6.09 Å². The van der Waals surface area contributed by atoms with Gasteiger partial charge < -0.3 is 14.6 Å². The molecule has 6 nitrogen and oxygen atoms in total. The highest BCUT2D eigenvalue weighted by atomic mass is 19.1. The number of rotatable bonds is 1. The van der Waals surface area contributed by atoms with Crippen LogP contribution < -0.4 is 0 Å². The summed E-state index contributed by atoms with van der Waals surface area (Å²) in [4.78, 5) is 18.0. The van der Waals surface area contributed by atoms with Gasteiger partial charge in [-0.1, -0.05) is 0 Å². The van der Waals surface area contributed by atoms with E-state index in [-0.39, 0.29) is 24.9 Å². The van der Waals surface area contributed by atoms with Crippen molar-refractivity contribution in [2.45, 2.75) is 56.9 Å². The lowest BCUT2D eigenvalue weighted by Crippen LogP contribution is -2.63. The molecule has 132 valence electrons. The highest BCUT2D eigenvalue weighted by Crippen LogP contribution is 2.41. The number of aliphatic hydroxyl groups is 1. The van der Waals surface area contributed by atoms with Gasteiger partial charge in [-0.3, -0.25) is 9.88 Å². The summed E-state index contributed by atoms with van der Waals surface area (Å²) >= 11 is 0. The zero-order valence-electron chi connectivity index (χ0n) is 14.2. The summed E-state index contributed by atoms with van der Waals surface area (Å²) in [5.74, 6) is -0.489. The standard InChI is InChI=1S/C17H23FN2O4/c1-16(2,3)24-15(21)20-13-5-17(22,6-14(20)10-23-9-13)11-4-12(18)8-19-7-11/h4,7-8,13-14,22H,5-6,9-10H2,1-3H3. The molecule has 0 aliphatic carbocycles. The highest BCUT2D eigenvalue weighted by Gasteiger charge is 2.50. The van der Waals surface area contributed by atoms with Crippen LogP contribution in [0.1, 0.15) is 39.2 Å². The van der Waals surface area contributed by atoms with Crippen molar-refractivity contribution >= 4 is 6.09 Å². The number of hydrogen-bond donors (Lipinski definition) is 1. The topological polar surface area (TPSA) is 71.9 Å². The minimum absolute atomic E-state index is 0.258. The molecule has 7 heteroatoms. The van der Waals surface area contributed by atoms with Crippen molar-refractivity contribution in [2.75, 3.05) is 13.2 Å². The maximum absolute atomic E-state index is 13.5. The number of hydrogen-bond acceptors (Lipinski definition) is 5. The fourth-order valence-electron chi connectivity index (χ4n) is 3.49. The van der Waals surface area contributed by atoms with Gasteiger partial charge in [0.1, 0.15) is 11.4 Å². The number of fused-ring (bicyclic) bond motifs is 2. The van der Waals surface area contributed by atoms with Gasteiger partial charge in [0, 0.05) is 24.6 Å². The number of piperidine rings is 1. The fourth-order valence-corrected chi connectivity index (χ4v) is 3.49. The second-order valence-electron chi connectivity index (χ2n) is 7.56. The maximum atomic E-state index is 13.5. The van der Waals surface area contributed by atoms with Crippen LogP contribution in [0, 0.1) is 5.82 Å². The molecule has 0 radical (unpaired) electrons. The molecule has 0 saturated carbocycles. The number of nitrogens with zero attached hydrogens (tertiary/aromatic N) is 2. The Balaban J connectivity index is 1.84. The molecule has 0 spiro atoms. The molecule has 2 aliphatic rings. The van der Waals surface area contributed by atoms with Crippen LogP contribution >= 0.6 is 0 Å². The lowest BCUT2D eigenvalue weighted by molar-refractivity contribution is -0.141. The van der Waals surface area contributed by atoms with E-state index in [0.717, 1.165) is 6.20 Å². The summed E-state index contributed by atoms with van der Waals surface area (Å²) in [7, 11) is 0. The number of carbonyl (C=O) groups is 1. The van der Waals surface area contributed by atoms with Crippen LogP contribution in [-0.2, 0) is 15.1 Å². The van der Waals surface area contributed by atoms with Crippen molar-refractivity contribution in [1.82, 2.24) is 9.88 Å². The average Bonchev–Trinajstić information content (AvgIpc) is 2.44. The lowest BCUT2D eigenvalue weighted by Gasteiger charge is -2.51. The second-order valence-corrected chi connectivity index (χ2v) is 7.56. The molecular weight excluding hydrogens is 315 g/mol. The van der Waals surface area contributed by atoms with Gasteiger partial charge in [-0.2, -0.15) is 0 Å². The Morgan fingerprint density at radius 1 is 1.38 bits per heavy atom. The Morgan fingerprint density at radius 3 is 2.54 bits per heavy atom. The molecule has 3 rings (SSSR count). The molecular formula is C17H23FN2O4. The third kappa shape index (κ3) is 3.37. The van der Waals surface area contributed by atoms with Gasteiger partial charge in [0.15, 0.2) is 0 Å². The number of halogens is 1. The Morgan fingerprint density at radius 2 is 2.00 bits per heavy atom. The van der Waals surface area contributed by atoms with Crippen molar-refractivity contribution in [3.63, 3.8) is 0 Å². The molecule has 2 atom stereocenters. The summed E-state index contributed by atoms with van der Waals surface area (Å²) in [5.41, 5.74) is -1.39. The minimum atomic E-state index is -1.23. The van der Waals surface area contributed by atoms with Crippen LogP contribution in [-0.4, -0.2) is 52.0 Å². The van der Waals surface area contributed by atoms with E-state index in [1.54, 1.807) is 4.90 Å². The van der Waals surface area contributed by atoms with Crippen molar-refractivity contribution in [3.05, 3.63) is 29.8 Å². The molecule has 2 aliphatic heterocycles. The molecule has 2 saturated heterocycles. The van der Waals surface area contributed by atoms with Crippen molar-refractivity contribution in [1.29, 1.82) is 0 Å². The number of aromatic nitrogens is 1. The number of carbonyl (C=O) groups excluding carboxylic acids is 1. The van der Waals surface area contributed by atoms with Crippen LogP contribution in [0.25, 0.3) is 0 Å². The summed E-state index contributed by atoms with van der Waals surface area (Å²) in [6, 6.07) is 0.661. The Labute approximate surface area is 140 Å². The first-order chi connectivity index (χ1) is 11.2. The largest absolute Gasteiger partial charge is 0.444 e. The van der Waals surface area contributed by atoms with Crippen LogP contribution in [0.15, 0.2) is 18.5 Å². The highest BCUT2D eigenvalue weighted by molar-refractivity contribution is 5.69. The Bertz CT molecular complexity index is 617. The monoisotopic (exact) mass is 338 g/mol. The molecule has 2 unspecified atom stereocenters. The first kappa shape index (κ1) is 17.1. The van der Waals surface area contributed by atoms with Crippen molar-refractivity contribution in [2.24, 2.45) is 0 Å². The molecule has 1 N–H and O–H groups in total. The third-order valence-corrected chi connectivity index (χ3v) is 4.40. The Hall–Kier alpha value is -1.73. The molecule has 0 aromatic carbocycles. The van der Waals surface area contributed by atoms with Gasteiger partial charge in [0.05, 0.1) is 37.1 Å². The van der Waals surface area contributed by atoms with E-state index in [1.807, 2.05) is 20.8 Å². The molecule has 3 heterocycles. The molecule has 1 amide bonds. The molecule has 2 bridgehead atoms. The Kier molecular flexibility index (Phi) is 4.25. The SMILES string of the molecule is CC(C)(C)OC(=O)N1C2COCC1CC(O)(c1cncc(F)c1)C2. The number of amides is 1. The first-order valence-electron chi connectivity index (χ1n) is 8.10. The van der Waals surface area contributed by atoms with Crippen LogP contribution in [0.4, 0.5) is 9.18 Å². The zero-order valence-corrected chi connectivity index (χ0v) is 14.2. The molecule has 1 aromatic heterocycles. The van der Waals surface area contributed by atoms with Crippen molar-refractivity contribution in [3.8, 4) is 0 Å². The van der Waals surface area contributed by atoms with Crippen LogP contribution in [0.2, 0.25) is 0 Å². The lowest BCUT2D eigenvalue weighted by atomic mass is 9.77. The van der Waals surface area contributed by atoms with Gasteiger partial charge in [0.25, 0.3) is 0 Å². The smallest absolute Gasteiger partial charge is 0.410 e. The maximum Gasteiger partial charge on any atom is 0.410 e. The van der Waals surface area contributed by atoms with Crippen molar-refractivity contribution < 1.29 is 23.8 Å². The van der Waals surface area contributed by atoms with E-state index in [1.165, 1.54) is 12.3 Å². The average molecular weight is 338 g/mol. The van der Waals surface area contributed by atoms with Crippen LogP contribution in [0.5, 0.6) is 0 Å². The number of pyridine rings is 1. The summed E-state index contributed by atoms with van der Waals surface area (Å²) in [5, 5.41) is 11.1. The quantitative estimate of drug-likeness (QED) is 0.850. The predicted octanol–water partition coefficient (Wildman–Crippen LogP) is 2.21. The van der Waals surface area contributed by atoms with Gasteiger partial charge in [-0.15, -0.1) is 0 Å². The predicted molar refractivity (Wildman–Crippen MR) is 83.8 cm³/mol. The zero-order chi connectivity index (χ0) is 17.5. The second kappa shape index (κ2) is 5.97. The van der Waals surface area contributed by atoms with Crippen LogP contribution in [0.3, 0.4) is 0 Å². The number of morpholine rings is 1. The normalized spacial score (nSPS) is 30.1. The first-order valence-corrected chi connectivity index (χ1v) is 8.10. The summed E-state index contributed by atoms with van der Waals surface area (Å²) in [6.07, 6.45) is 2.69. The number of ether oxygens (including phenoxy) is 2. The van der Waals surface area contributed by atoms with Gasteiger partial charge in [0.2, 0.25) is 0 Å².